The molecule has 0 saturated carbocycles. The van der Waals surface area contributed by atoms with Crippen molar-refractivity contribution < 1.29 is 13.2 Å². The Kier molecular flexibility index (Phi) is 32.3. The van der Waals surface area contributed by atoms with E-state index in [0.717, 1.165) is 5.56 Å². The van der Waals surface area contributed by atoms with Crippen LogP contribution in [0.5, 0.6) is 0 Å². The Balaban J connectivity index is 0.000000208. The Morgan fingerprint density at radius 1 is 0.282 bits per heavy atom. The minimum absolute atomic E-state index is 0. The fourth-order valence-corrected chi connectivity index (χ4v) is 29.7. The molecule has 0 fully saturated rings. The second kappa shape index (κ2) is 38.3. The van der Waals surface area contributed by atoms with Crippen LogP contribution < -0.4 is 20.7 Å². The van der Waals surface area contributed by atoms with Gasteiger partial charge in [0.25, 0.3) is 5.92 Å². The van der Waals surface area contributed by atoms with Crippen molar-refractivity contribution >= 4 is 53.0 Å². The molecule has 10 aromatic carbocycles. The predicted molar refractivity (Wildman–Crippen MR) is 527 cm³/mol. The summed E-state index contributed by atoms with van der Waals surface area (Å²) < 4.78 is 41.1. The average molecular weight is 1650 g/mol. The second-order valence-electron chi connectivity index (χ2n) is 43.2. The Labute approximate surface area is 717 Å². The second-order valence-corrected chi connectivity index (χ2v) is 63.0. The van der Waals surface area contributed by atoms with Crippen LogP contribution in [0.1, 0.15) is 238 Å². The third-order valence-electron chi connectivity index (χ3n) is 24.9. The van der Waals surface area contributed by atoms with E-state index in [2.05, 4.69) is 412 Å². The van der Waals surface area contributed by atoms with Crippen molar-refractivity contribution in [3.05, 3.63) is 307 Å². The molecule has 0 nitrogen and oxygen atoms in total. The van der Waals surface area contributed by atoms with E-state index in [0.29, 0.717) is 21.7 Å². The Bertz CT molecular complexity index is 4620. The highest BCUT2D eigenvalue weighted by Gasteiger charge is 2.47. The van der Waals surface area contributed by atoms with Gasteiger partial charge in [-0.3, -0.25) is 0 Å². The van der Waals surface area contributed by atoms with Gasteiger partial charge < -0.3 is 0 Å². The standard InChI is InChI=1S/C17H20.C15H22.C14H20.C14H14.C13H22Si2.C13H24Si2.C12H13F3.C11H16.CH4/c1-13-5-7-14(8-6-13)15-9-11-16(12-10-15)17(2,3)4;1-11-6-7-12-13(10-11)15(4,5)9-8-14(12,2)3;1-10-6-7-11-12(8-10)14(4,5)9-13(11,2)3;1-11-3-7-13(8-4-11)14-9-5-12(2)6-10-14;1-11-6-7-12-13(10-11)15(4,5)9-8-14(12,2)3;1-11-8-12(14(2,3)4)10-13(9-11)15(5,6)7;1-8-3-4-9-10(7-8)12(14,15)6-5-11(9,2)13;1-9-5-7-10(8-6-9)11(2,3)4;/h5-12H,1-4H3;6-7,10H,8-9H2,1-5H3;6-8H,9H2,1-5H3;3-10H,1-2H3;6-7,10H,8-9H2,1-5H3;8-10H,1-7H3;3-4,7H,5-6H2,1-2H3;5-8H,1-4H3;1H4. The smallest absolute Gasteiger partial charge is 0.239 e. The van der Waals surface area contributed by atoms with Gasteiger partial charge in [0.05, 0.1) is 32.3 Å². The number of halogens is 3. The minimum Gasteiger partial charge on any atom is -0.239 e. The number of rotatable bonds is 4. The number of hydrogen-bond acceptors (Lipinski definition) is 0. The maximum Gasteiger partial charge on any atom is 0.273 e. The largest absolute Gasteiger partial charge is 0.273 e. The molecule has 1 aliphatic heterocycles. The van der Waals surface area contributed by atoms with Crippen LogP contribution in [0.2, 0.25) is 77.6 Å². The Morgan fingerprint density at radius 2 is 0.564 bits per heavy atom. The molecule has 3 aliphatic carbocycles. The summed E-state index contributed by atoms with van der Waals surface area (Å²) in [5.41, 5.74) is 26.1. The molecule has 0 N–H and O–H groups in total. The van der Waals surface area contributed by atoms with Crippen LogP contribution >= 0.6 is 0 Å². The Hall–Kier alpha value is -7.14. The first-order valence-electron chi connectivity index (χ1n) is 43.2. The van der Waals surface area contributed by atoms with Crippen LogP contribution in [-0.2, 0) is 44.1 Å². The molecule has 7 heteroatoms. The highest BCUT2D eigenvalue weighted by atomic mass is 28.3. The molecule has 117 heavy (non-hydrogen) atoms. The zero-order valence-electron chi connectivity index (χ0n) is 78.8. The topological polar surface area (TPSA) is 0 Å². The Morgan fingerprint density at radius 3 is 0.940 bits per heavy atom. The van der Waals surface area contributed by atoms with Gasteiger partial charge in [-0.15, -0.1) is 0 Å². The van der Waals surface area contributed by atoms with Gasteiger partial charge in [0.1, 0.15) is 5.67 Å². The van der Waals surface area contributed by atoms with E-state index in [1.165, 1.54) is 128 Å². The molecule has 1 heterocycles. The summed E-state index contributed by atoms with van der Waals surface area (Å²) >= 11 is 0. The van der Waals surface area contributed by atoms with E-state index >= 15 is 0 Å². The number of fused-ring (bicyclic) bond motifs is 4. The van der Waals surface area contributed by atoms with Crippen LogP contribution in [0, 0.1) is 62.3 Å². The molecular weight excluding hydrogens is 1490 g/mol. The lowest BCUT2D eigenvalue weighted by Crippen LogP contribution is -2.63. The highest BCUT2D eigenvalue weighted by Crippen LogP contribution is 2.51. The number of alkyl halides is 3. The molecule has 0 saturated heterocycles. The number of hydrogen-bond donors (Lipinski definition) is 0. The summed E-state index contributed by atoms with van der Waals surface area (Å²) in [6, 6.07) is 79.5. The van der Waals surface area contributed by atoms with Gasteiger partial charge in [-0.05, 0) is 195 Å². The van der Waals surface area contributed by atoms with Crippen LogP contribution in [0.3, 0.4) is 0 Å². The monoisotopic (exact) mass is 1650 g/mol. The van der Waals surface area contributed by atoms with Gasteiger partial charge >= 0.3 is 0 Å². The molecule has 10 aromatic rings. The van der Waals surface area contributed by atoms with Gasteiger partial charge in [-0.25, -0.2) is 13.2 Å². The van der Waals surface area contributed by atoms with Crippen LogP contribution in [0.4, 0.5) is 13.2 Å². The molecule has 1 unspecified atom stereocenters. The van der Waals surface area contributed by atoms with Crippen LogP contribution in [0.25, 0.3) is 22.3 Å². The van der Waals surface area contributed by atoms with Gasteiger partial charge in [0.2, 0.25) is 0 Å². The van der Waals surface area contributed by atoms with Crippen molar-refractivity contribution in [3.63, 3.8) is 0 Å². The van der Waals surface area contributed by atoms with Crippen molar-refractivity contribution in [2.24, 2.45) is 0 Å². The van der Waals surface area contributed by atoms with Gasteiger partial charge in [-0.2, -0.15) is 0 Å². The van der Waals surface area contributed by atoms with Crippen molar-refractivity contribution in [1.82, 2.24) is 0 Å². The number of benzene rings is 10. The van der Waals surface area contributed by atoms with Crippen molar-refractivity contribution in [3.8, 4) is 22.3 Å². The first-order chi connectivity index (χ1) is 53.1. The molecule has 0 radical (unpaired) electrons. The van der Waals surface area contributed by atoms with Gasteiger partial charge in [0, 0.05) is 12.0 Å². The predicted octanol–water partition coefficient (Wildman–Crippen LogP) is 31.1. The molecule has 14 rings (SSSR count). The van der Waals surface area contributed by atoms with Crippen molar-refractivity contribution in [2.45, 2.75) is 327 Å². The normalized spacial score (nSPS) is 17.6. The van der Waals surface area contributed by atoms with Crippen LogP contribution in [-0.4, -0.2) is 32.3 Å². The van der Waals surface area contributed by atoms with E-state index in [1.54, 1.807) is 56.0 Å². The first-order valence-corrected chi connectivity index (χ1v) is 56.6. The van der Waals surface area contributed by atoms with Crippen molar-refractivity contribution in [2.75, 3.05) is 0 Å². The van der Waals surface area contributed by atoms with Gasteiger partial charge in [0.15, 0.2) is 0 Å². The molecule has 0 spiro atoms. The fraction of sp³-hybridized carbons (Fsp3) is 0.455. The molecule has 0 bridgehead atoms. The summed E-state index contributed by atoms with van der Waals surface area (Å²) in [4.78, 5) is 0. The van der Waals surface area contributed by atoms with E-state index in [1.807, 2.05) is 0 Å². The maximum atomic E-state index is 14.0. The van der Waals surface area contributed by atoms with E-state index in [-0.39, 0.29) is 35.8 Å². The van der Waals surface area contributed by atoms with E-state index in [4.69, 9.17) is 0 Å². The molecular formula is C110H155F3Si4. The quantitative estimate of drug-likeness (QED) is 0.154. The molecule has 632 valence electrons. The zero-order chi connectivity index (χ0) is 87.1. The lowest BCUT2D eigenvalue weighted by atomic mass is 9.63. The third kappa shape index (κ3) is 27.2. The minimum atomic E-state index is -2.88. The summed E-state index contributed by atoms with van der Waals surface area (Å²) in [6.45, 7) is 77.5. The molecule has 0 aromatic heterocycles. The molecule has 4 aliphatic rings. The fourth-order valence-electron chi connectivity index (χ4n) is 16.7. The summed E-state index contributed by atoms with van der Waals surface area (Å²) in [7, 11) is -4.49. The lowest BCUT2D eigenvalue weighted by Gasteiger charge is -2.42. The molecule has 1 atom stereocenters. The first kappa shape index (κ1) is 98.7. The summed E-state index contributed by atoms with van der Waals surface area (Å²) in [6.07, 6.45) is 3.35. The zero-order valence-corrected chi connectivity index (χ0v) is 82.8. The lowest BCUT2D eigenvalue weighted by molar-refractivity contribution is -0.0474. The van der Waals surface area contributed by atoms with Crippen molar-refractivity contribution in [1.29, 1.82) is 0 Å². The van der Waals surface area contributed by atoms with Gasteiger partial charge in [-0.1, -0.05) is 459 Å². The highest BCUT2D eigenvalue weighted by molar-refractivity contribution is 7.03. The maximum absolute atomic E-state index is 14.0. The number of aryl methyl sites for hydroxylation is 9. The van der Waals surface area contributed by atoms with E-state index < -0.39 is 50.3 Å². The summed E-state index contributed by atoms with van der Waals surface area (Å²) in [5, 5.41) is 6.75. The summed E-state index contributed by atoms with van der Waals surface area (Å²) in [5.74, 6) is -2.88. The third-order valence-corrected chi connectivity index (χ3v) is 36.4. The average Bonchev–Trinajstić information content (AvgIpc) is 1.74. The molecule has 0 amide bonds. The van der Waals surface area contributed by atoms with E-state index in [9.17, 15) is 13.2 Å². The van der Waals surface area contributed by atoms with Crippen LogP contribution in [0.15, 0.2) is 212 Å². The SMILES string of the molecule is C.Cc1cc([Si](C)(C)C)cc([Si](C)(C)C)c1.Cc1ccc(-c2ccc(C(C)(C)C)cc2)cc1.Cc1ccc(-c2ccc(C)cc2)cc1.Cc1ccc(C(C)(C)C)cc1.Cc1ccc2c(c1)C(C)(C)CC2(C)C.Cc1ccc2c(c1)C(C)(C)CCC2(C)C.Cc1ccc2c(c1)C(F)(F)CCC2(C)F.Cc1ccc2c(c1)[Si](C)(C)CC[Si]2(C)C.